The zero-order valence-corrected chi connectivity index (χ0v) is 12.8. The first-order chi connectivity index (χ1) is 11.6. The number of non-ortho nitro benzene ring substituents is 1. The van der Waals surface area contributed by atoms with Crippen molar-refractivity contribution in [3.63, 3.8) is 0 Å². The maximum Gasteiger partial charge on any atom is 0.269 e. The van der Waals surface area contributed by atoms with E-state index in [1.165, 1.54) is 24.3 Å². The predicted octanol–water partition coefficient (Wildman–Crippen LogP) is 2.35. The first kappa shape index (κ1) is 17.1. The molecule has 2 rings (SSSR count). The summed E-state index contributed by atoms with van der Waals surface area (Å²) >= 11 is 0. The second kappa shape index (κ2) is 8.41. The Morgan fingerprint density at radius 1 is 1.17 bits per heavy atom. The molecule has 7 heteroatoms. The minimum Gasteiger partial charge on any atom is -0.286 e. The van der Waals surface area contributed by atoms with Gasteiger partial charge < -0.3 is 0 Å². The van der Waals surface area contributed by atoms with E-state index in [1.807, 2.05) is 30.3 Å². The number of benzene rings is 2. The number of aryl methyl sites for hydroxylation is 1. The average molecular weight is 324 g/mol. The first-order valence-electron chi connectivity index (χ1n) is 7.34. The number of rotatable bonds is 7. The van der Waals surface area contributed by atoms with Crippen molar-refractivity contribution in [3.05, 3.63) is 75.8 Å². The molecule has 0 unspecified atom stereocenters. The molecule has 1 amide bonds. The van der Waals surface area contributed by atoms with Crippen molar-refractivity contribution in [2.45, 2.75) is 18.9 Å². The zero-order chi connectivity index (χ0) is 17.4. The molecule has 122 valence electrons. The largest absolute Gasteiger partial charge is 0.286 e. The van der Waals surface area contributed by atoms with E-state index in [0.717, 1.165) is 5.56 Å². The Balaban J connectivity index is 1.84. The maximum atomic E-state index is 12.0. The van der Waals surface area contributed by atoms with E-state index in [1.54, 1.807) is 0 Å². The molecule has 0 aliphatic heterocycles. The summed E-state index contributed by atoms with van der Waals surface area (Å²) < 4.78 is 0. The molecule has 2 N–H and O–H groups in total. The van der Waals surface area contributed by atoms with Crippen LogP contribution in [0.3, 0.4) is 0 Å². The van der Waals surface area contributed by atoms with Gasteiger partial charge in [0.05, 0.1) is 11.0 Å². The van der Waals surface area contributed by atoms with E-state index < -0.39 is 16.9 Å². The van der Waals surface area contributed by atoms with Crippen LogP contribution in [0, 0.1) is 21.4 Å². The van der Waals surface area contributed by atoms with Gasteiger partial charge in [-0.1, -0.05) is 30.3 Å². The molecule has 7 nitrogen and oxygen atoms in total. The number of nitrogens with zero attached hydrogens (tertiary/aromatic N) is 2. The van der Waals surface area contributed by atoms with Gasteiger partial charge in [-0.3, -0.25) is 20.3 Å². The number of nitro groups is 1. The Bertz CT molecular complexity index is 739. The fraction of sp³-hybridized carbons (Fsp3) is 0.176. The zero-order valence-electron chi connectivity index (χ0n) is 12.8. The van der Waals surface area contributed by atoms with Gasteiger partial charge in [-0.15, -0.1) is 0 Å². The van der Waals surface area contributed by atoms with Crippen LogP contribution in [0.25, 0.3) is 0 Å². The number of nitrogens with one attached hydrogen (secondary N) is 2. The number of carbonyl (C=O) groups is 1. The highest BCUT2D eigenvalue weighted by molar-refractivity contribution is 5.94. The SMILES string of the molecule is N#C[C@@H](CCc1ccccc1)NNC(=O)c1ccc([N+](=O)[O-])cc1. The van der Waals surface area contributed by atoms with E-state index in [-0.39, 0.29) is 11.3 Å². The van der Waals surface area contributed by atoms with Crippen molar-refractivity contribution in [2.24, 2.45) is 0 Å². The van der Waals surface area contributed by atoms with Crippen LogP contribution >= 0.6 is 0 Å². The van der Waals surface area contributed by atoms with Crippen molar-refractivity contribution in [1.29, 1.82) is 5.26 Å². The molecule has 0 aromatic heterocycles. The van der Waals surface area contributed by atoms with Gasteiger partial charge in [-0.05, 0) is 30.5 Å². The lowest BCUT2D eigenvalue weighted by molar-refractivity contribution is -0.384. The second-order valence-electron chi connectivity index (χ2n) is 5.11. The van der Waals surface area contributed by atoms with Gasteiger partial charge in [0.25, 0.3) is 11.6 Å². The van der Waals surface area contributed by atoms with Gasteiger partial charge >= 0.3 is 0 Å². The molecule has 24 heavy (non-hydrogen) atoms. The molecular formula is C17H16N4O3. The molecule has 2 aromatic rings. The van der Waals surface area contributed by atoms with E-state index in [9.17, 15) is 14.9 Å². The Morgan fingerprint density at radius 2 is 1.83 bits per heavy atom. The third kappa shape index (κ3) is 4.90. The highest BCUT2D eigenvalue weighted by Gasteiger charge is 2.12. The van der Waals surface area contributed by atoms with Gasteiger partial charge in [0, 0.05) is 17.7 Å². The average Bonchev–Trinajstić information content (AvgIpc) is 2.62. The van der Waals surface area contributed by atoms with Gasteiger partial charge in [-0.2, -0.15) is 5.26 Å². The van der Waals surface area contributed by atoms with Gasteiger partial charge in [0.15, 0.2) is 0 Å². The summed E-state index contributed by atoms with van der Waals surface area (Å²) in [5.74, 6) is -0.454. The fourth-order valence-electron chi connectivity index (χ4n) is 2.08. The lowest BCUT2D eigenvalue weighted by atomic mass is 10.1. The lowest BCUT2D eigenvalue weighted by Crippen LogP contribution is -2.43. The summed E-state index contributed by atoms with van der Waals surface area (Å²) in [6, 6.07) is 16.5. The Labute approximate surface area is 139 Å². The standard InChI is InChI=1S/C17H16N4O3/c18-12-15(9-6-13-4-2-1-3-5-13)19-20-17(22)14-7-10-16(11-8-14)21(23)24/h1-5,7-8,10-11,15,19H,6,9H2,(H,20,22)/t15-/m1/s1. The van der Waals surface area contributed by atoms with Gasteiger partial charge in [0.1, 0.15) is 6.04 Å². The normalized spacial score (nSPS) is 11.3. The van der Waals surface area contributed by atoms with Crippen LogP contribution in [0.4, 0.5) is 5.69 Å². The van der Waals surface area contributed by atoms with Crippen molar-refractivity contribution >= 4 is 11.6 Å². The second-order valence-corrected chi connectivity index (χ2v) is 5.11. The monoisotopic (exact) mass is 324 g/mol. The molecule has 1 atom stereocenters. The molecule has 0 saturated carbocycles. The number of nitro benzene ring substituents is 1. The number of hydrazine groups is 1. The van der Waals surface area contributed by atoms with Gasteiger partial charge in [0.2, 0.25) is 0 Å². The molecule has 0 heterocycles. The third-order valence-electron chi connectivity index (χ3n) is 3.42. The topological polar surface area (TPSA) is 108 Å². The highest BCUT2D eigenvalue weighted by atomic mass is 16.6. The van der Waals surface area contributed by atoms with Crippen LogP contribution in [0.5, 0.6) is 0 Å². The van der Waals surface area contributed by atoms with Crippen molar-refractivity contribution in [1.82, 2.24) is 10.9 Å². The Hall–Kier alpha value is -3.24. The summed E-state index contributed by atoms with van der Waals surface area (Å²) in [5, 5.41) is 19.7. The number of amides is 1. The molecular weight excluding hydrogens is 308 g/mol. The molecule has 0 spiro atoms. The molecule has 0 bridgehead atoms. The van der Waals surface area contributed by atoms with E-state index in [2.05, 4.69) is 16.9 Å². The lowest BCUT2D eigenvalue weighted by Gasteiger charge is -2.12. The van der Waals surface area contributed by atoms with E-state index in [0.29, 0.717) is 12.8 Å². The van der Waals surface area contributed by atoms with Crippen LogP contribution in [0.1, 0.15) is 22.3 Å². The molecule has 0 saturated heterocycles. The molecule has 2 aromatic carbocycles. The minimum absolute atomic E-state index is 0.0859. The molecule has 0 radical (unpaired) electrons. The number of hydrogen-bond donors (Lipinski definition) is 2. The van der Waals surface area contributed by atoms with Crippen molar-refractivity contribution in [3.8, 4) is 6.07 Å². The van der Waals surface area contributed by atoms with Crippen LogP contribution in [-0.2, 0) is 6.42 Å². The van der Waals surface area contributed by atoms with Crippen LogP contribution in [-0.4, -0.2) is 16.9 Å². The van der Waals surface area contributed by atoms with E-state index >= 15 is 0 Å². The molecule has 0 aliphatic rings. The Morgan fingerprint density at radius 3 is 2.42 bits per heavy atom. The predicted molar refractivity (Wildman–Crippen MR) is 87.9 cm³/mol. The molecule has 0 fully saturated rings. The van der Waals surface area contributed by atoms with Crippen LogP contribution in [0.15, 0.2) is 54.6 Å². The summed E-state index contributed by atoms with van der Waals surface area (Å²) in [6.45, 7) is 0. The summed E-state index contributed by atoms with van der Waals surface area (Å²) in [6.07, 6.45) is 1.25. The highest BCUT2D eigenvalue weighted by Crippen LogP contribution is 2.11. The van der Waals surface area contributed by atoms with Crippen molar-refractivity contribution < 1.29 is 9.72 Å². The number of nitriles is 1. The van der Waals surface area contributed by atoms with Gasteiger partial charge in [-0.25, -0.2) is 5.43 Å². The fourth-order valence-corrected chi connectivity index (χ4v) is 2.08. The van der Waals surface area contributed by atoms with E-state index in [4.69, 9.17) is 5.26 Å². The minimum atomic E-state index is -0.535. The summed E-state index contributed by atoms with van der Waals surface area (Å²) in [4.78, 5) is 22.0. The summed E-state index contributed by atoms with van der Waals surface area (Å²) in [7, 11) is 0. The third-order valence-corrected chi connectivity index (χ3v) is 3.42. The number of carbonyl (C=O) groups excluding carboxylic acids is 1. The maximum absolute atomic E-state index is 12.0. The molecule has 0 aliphatic carbocycles. The first-order valence-corrected chi connectivity index (χ1v) is 7.34. The number of hydrogen-bond acceptors (Lipinski definition) is 5. The van der Waals surface area contributed by atoms with Crippen LogP contribution < -0.4 is 10.9 Å². The smallest absolute Gasteiger partial charge is 0.269 e. The van der Waals surface area contributed by atoms with Crippen molar-refractivity contribution in [2.75, 3.05) is 0 Å². The Kier molecular flexibility index (Phi) is 6.00. The summed E-state index contributed by atoms with van der Waals surface area (Å²) in [5.41, 5.74) is 6.43. The van der Waals surface area contributed by atoms with Crippen LogP contribution in [0.2, 0.25) is 0 Å². The quantitative estimate of drug-likeness (QED) is 0.600.